The fourth-order valence-corrected chi connectivity index (χ4v) is 3.41. The van der Waals surface area contributed by atoms with Gasteiger partial charge in [0.2, 0.25) is 11.2 Å². The molecule has 0 unspecified atom stereocenters. The molecule has 5 heteroatoms. The maximum Gasteiger partial charge on any atom is 0.235 e. The highest BCUT2D eigenvalue weighted by Gasteiger charge is 2.14. The van der Waals surface area contributed by atoms with Crippen molar-refractivity contribution in [3.63, 3.8) is 0 Å². The van der Waals surface area contributed by atoms with E-state index in [9.17, 15) is 4.79 Å². The zero-order chi connectivity index (χ0) is 22.0. The molecule has 0 aliphatic carbocycles. The quantitative estimate of drug-likeness (QED) is 0.335. The third-order valence-corrected chi connectivity index (χ3v) is 5.19. The Morgan fingerprint density at radius 1 is 0.935 bits per heavy atom. The zero-order valence-corrected chi connectivity index (χ0v) is 18.4. The number of halogens is 1. The summed E-state index contributed by atoms with van der Waals surface area (Å²) < 4.78 is 17.2. The van der Waals surface area contributed by atoms with Crippen molar-refractivity contribution in [1.82, 2.24) is 0 Å². The average molecular weight is 435 g/mol. The van der Waals surface area contributed by atoms with Crippen LogP contribution in [0.4, 0.5) is 0 Å². The van der Waals surface area contributed by atoms with Gasteiger partial charge in [0.25, 0.3) is 0 Å². The first kappa shape index (κ1) is 21.0. The summed E-state index contributed by atoms with van der Waals surface area (Å²) >= 11 is 6.01. The van der Waals surface area contributed by atoms with Crippen molar-refractivity contribution in [3.05, 3.63) is 99.4 Å². The molecule has 4 aromatic rings. The lowest BCUT2D eigenvalue weighted by atomic mass is 9.87. The molecule has 0 bridgehead atoms. The van der Waals surface area contributed by atoms with Crippen LogP contribution >= 0.6 is 11.6 Å². The Bertz CT molecular complexity index is 1270. The SMILES string of the molecule is CC(C)(C)c1ccc(Oc2coc3cc(OCc4cccc(Cl)c4)ccc3c2=O)cc1. The molecule has 0 saturated heterocycles. The summed E-state index contributed by atoms with van der Waals surface area (Å²) in [5.74, 6) is 1.33. The lowest BCUT2D eigenvalue weighted by Gasteiger charge is -2.19. The molecule has 1 aromatic heterocycles. The monoisotopic (exact) mass is 434 g/mol. The molecule has 0 spiro atoms. The fourth-order valence-electron chi connectivity index (χ4n) is 3.19. The molecule has 0 aliphatic rings. The van der Waals surface area contributed by atoms with Gasteiger partial charge in [0, 0.05) is 11.1 Å². The van der Waals surface area contributed by atoms with E-state index < -0.39 is 0 Å². The van der Waals surface area contributed by atoms with Crippen molar-refractivity contribution < 1.29 is 13.9 Å². The van der Waals surface area contributed by atoms with Crippen LogP contribution in [-0.2, 0) is 12.0 Å². The van der Waals surface area contributed by atoms with Gasteiger partial charge in [-0.2, -0.15) is 0 Å². The topological polar surface area (TPSA) is 48.7 Å². The second-order valence-corrected chi connectivity index (χ2v) is 8.82. The van der Waals surface area contributed by atoms with Crippen LogP contribution in [0.2, 0.25) is 5.02 Å². The van der Waals surface area contributed by atoms with Crippen LogP contribution in [0, 0.1) is 0 Å². The van der Waals surface area contributed by atoms with Gasteiger partial charge < -0.3 is 13.9 Å². The highest BCUT2D eigenvalue weighted by molar-refractivity contribution is 6.30. The Kier molecular flexibility index (Phi) is 5.75. The Hall–Kier alpha value is -3.24. The molecule has 1 heterocycles. The van der Waals surface area contributed by atoms with E-state index in [1.54, 1.807) is 18.2 Å². The summed E-state index contributed by atoms with van der Waals surface area (Å²) in [5, 5.41) is 1.09. The molecule has 3 aromatic carbocycles. The number of ether oxygens (including phenoxy) is 2. The molecule has 4 nitrogen and oxygen atoms in total. The highest BCUT2D eigenvalue weighted by atomic mass is 35.5. The second-order valence-electron chi connectivity index (χ2n) is 8.38. The summed E-state index contributed by atoms with van der Waals surface area (Å²) in [4.78, 5) is 12.8. The van der Waals surface area contributed by atoms with E-state index in [0.29, 0.717) is 34.1 Å². The molecule has 0 radical (unpaired) electrons. The number of hydrogen-bond acceptors (Lipinski definition) is 4. The standard InChI is InChI=1S/C26H23ClO4/c1-26(2,3)18-7-9-20(10-8-18)31-24-16-30-23-14-21(11-12-22(23)25(24)28)29-15-17-5-4-6-19(27)13-17/h4-14,16H,15H2,1-3H3. The first-order chi connectivity index (χ1) is 14.8. The Morgan fingerprint density at radius 2 is 1.68 bits per heavy atom. The van der Waals surface area contributed by atoms with Gasteiger partial charge in [-0.15, -0.1) is 0 Å². The van der Waals surface area contributed by atoms with E-state index in [4.69, 9.17) is 25.5 Å². The summed E-state index contributed by atoms with van der Waals surface area (Å²) in [7, 11) is 0. The molecule has 158 valence electrons. The predicted molar refractivity (Wildman–Crippen MR) is 123 cm³/mol. The lowest BCUT2D eigenvalue weighted by molar-refractivity contribution is 0.306. The predicted octanol–water partition coefficient (Wildman–Crippen LogP) is 7.12. The minimum atomic E-state index is -0.234. The minimum absolute atomic E-state index is 0.0487. The van der Waals surface area contributed by atoms with Gasteiger partial charge >= 0.3 is 0 Å². The van der Waals surface area contributed by atoms with E-state index in [-0.39, 0.29) is 16.6 Å². The number of fused-ring (bicyclic) bond motifs is 1. The molecule has 0 amide bonds. The number of rotatable bonds is 5. The van der Waals surface area contributed by atoms with Crippen LogP contribution in [0.3, 0.4) is 0 Å². The molecule has 0 N–H and O–H groups in total. The average Bonchev–Trinajstić information content (AvgIpc) is 2.74. The smallest absolute Gasteiger partial charge is 0.235 e. The van der Waals surface area contributed by atoms with Crippen LogP contribution in [-0.4, -0.2) is 0 Å². The molecule has 0 atom stereocenters. The summed E-state index contributed by atoms with van der Waals surface area (Å²) in [5.41, 5.74) is 2.39. The van der Waals surface area contributed by atoms with Crippen LogP contribution in [0.25, 0.3) is 11.0 Å². The molecule has 0 fully saturated rings. The molecule has 4 rings (SSSR count). The van der Waals surface area contributed by atoms with Crippen molar-refractivity contribution in [1.29, 1.82) is 0 Å². The van der Waals surface area contributed by atoms with Gasteiger partial charge in [0.15, 0.2) is 0 Å². The Balaban J connectivity index is 1.52. The normalized spacial score (nSPS) is 11.5. The van der Waals surface area contributed by atoms with Gasteiger partial charge in [-0.3, -0.25) is 4.79 Å². The van der Waals surface area contributed by atoms with E-state index in [1.807, 2.05) is 48.5 Å². The zero-order valence-electron chi connectivity index (χ0n) is 17.6. The largest absolute Gasteiger partial charge is 0.489 e. The fraction of sp³-hybridized carbons (Fsp3) is 0.192. The van der Waals surface area contributed by atoms with Crippen molar-refractivity contribution in [2.24, 2.45) is 0 Å². The van der Waals surface area contributed by atoms with Gasteiger partial charge in [-0.1, -0.05) is 56.6 Å². The lowest BCUT2D eigenvalue weighted by Crippen LogP contribution is -2.10. The number of benzene rings is 3. The molecule has 0 aliphatic heterocycles. The Labute approximate surface area is 186 Å². The third-order valence-electron chi connectivity index (χ3n) is 4.96. The molecule has 0 saturated carbocycles. The van der Waals surface area contributed by atoms with Gasteiger partial charge in [0.1, 0.15) is 30.0 Å². The van der Waals surface area contributed by atoms with Crippen molar-refractivity contribution >= 4 is 22.6 Å². The number of hydrogen-bond donors (Lipinski definition) is 0. The summed E-state index contributed by atoms with van der Waals surface area (Å²) in [6, 6.07) is 20.3. The highest BCUT2D eigenvalue weighted by Crippen LogP contribution is 2.27. The van der Waals surface area contributed by atoms with Crippen molar-refractivity contribution in [2.45, 2.75) is 32.8 Å². The molecular formula is C26H23ClO4. The third kappa shape index (κ3) is 4.92. The summed E-state index contributed by atoms with van der Waals surface area (Å²) in [6.07, 6.45) is 1.34. The van der Waals surface area contributed by atoms with Gasteiger partial charge in [-0.05, 0) is 52.9 Å². The van der Waals surface area contributed by atoms with Crippen LogP contribution in [0.15, 0.2) is 82.2 Å². The van der Waals surface area contributed by atoms with E-state index in [0.717, 1.165) is 5.56 Å². The van der Waals surface area contributed by atoms with Crippen molar-refractivity contribution in [3.8, 4) is 17.2 Å². The minimum Gasteiger partial charge on any atom is -0.489 e. The Morgan fingerprint density at radius 3 is 2.39 bits per heavy atom. The summed E-state index contributed by atoms with van der Waals surface area (Å²) in [6.45, 7) is 6.80. The molecule has 31 heavy (non-hydrogen) atoms. The molecular weight excluding hydrogens is 412 g/mol. The first-order valence-corrected chi connectivity index (χ1v) is 10.4. The van der Waals surface area contributed by atoms with Crippen LogP contribution in [0.5, 0.6) is 17.2 Å². The van der Waals surface area contributed by atoms with Crippen LogP contribution < -0.4 is 14.9 Å². The van der Waals surface area contributed by atoms with E-state index in [1.165, 1.54) is 11.8 Å². The maximum absolute atomic E-state index is 12.8. The second kappa shape index (κ2) is 8.48. The van der Waals surface area contributed by atoms with E-state index >= 15 is 0 Å². The van der Waals surface area contributed by atoms with E-state index in [2.05, 4.69) is 20.8 Å². The first-order valence-electron chi connectivity index (χ1n) is 10.0. The van der Waals surface area contributed by atoms with Crippen molar-refractivity contribution in [2.75, 3.05) is 0 Å². The van der Waals surface area contributed by atoms with Gasteiger partial charge in [0.05, 0.1) is 5.39 Å². The van der Waals surface area contributed by atoms with Gasteiger partial charge in [-0.25, -0.2) is 0 Å². The van der Waals surface area contributed by atoms with Crippen LogP contribution in [0.1, 0.15) is 31.9 Å². The maximum atomic E-state index is 12.8.